The van der Waals surface area contributed by atoms with Gasteiger partial charge in [-0.2, -0.15) is 0 Å². The van der Waals surface area contributed by atoms with Gasteiger partial charge in [0.1, 0.15) is 6.54 Å². The van der Waals surface area contributed by atoms with E-state index in [0.717, 1.165) is 27.5 Å². The highest BCUT2D eigenvalue weighted by atomic mass is 16.5. The molecule has 0 unspecified atom stereocenters. The fourth-order valence-corrected chi connectivity index (χ4v) is 3.10. The molecule has 0 aliphatic heterocycles. The number of hydrogen-bond donors (Lipinski definition) is 2. The third-order valence-electron chi connectivity index (χ3n) is 4.76. The third-order valence-corrected chi connectivity index (χ3v) is 4.76. The molecule has 3 rings (SSSR count). The van der Waals surface area contributed by atoms with Gasteiger partial charge in [0.15, 0.2) is 6.61 Å². The molecule has 0 spiro atoms. The Kier molecular flexibility index (Phi) is 7.16. The molecule has 2 amide bonds. The van der Waals surface area contributed by atoms with E-state index in [1.807, 2.05) is 73.7 Å². The molecule has 0 aliphatic carbocycles. The molecular formula is C24H24N2O4. The zero-order valence-corrected chi connectivity index (χ0v) is 16.8. The van der Waals surface area contributed by atoms with Gasteiger partial charge in [0.05, 0.1) is 6.42 Å². The number of carbonyl (C=O) groups excluding carboxylic acids is 3. The highest BCUT2D eigenvalue weighted by molar-refractivity contribution is 5.91. The van der Waals surface area contributed by atoms with Crippen molar-refractivity contribution in [2.75, 3.05) is 13.2 Å². The van der Waals surface area contributed by atoms with Crippen LogP contribution in [0.4, 0.5) is 0 Å². The Morgan fingerprint density at radius 1 is 0.800 bits per heavy atom. The number of aryl methyl sites for hydroxylation is 1. The Bertz CT molecular complexity index is 1060. The minimum absolute atomic E-state index is 0.158. The lowest BCUT2D eigenvalue weighted by Crippen LogP contribution is -2.34. The van der Waals surface area contributed by atoms with E-state index in [-0.39, 0.29) is 25.5 Å². The average Bonchev–Trinajstić information content (AvgIpc) is 2.76. The minimum atomic E-state index is -0.660. The van der Waals surface area contributed by atoms with E-state index >= 15 is 0 Å². The van der Waals surface area contributed by atoms with Crippen molar-refractivity contribution in [2.45, 2.75) is 19.9 Å². The molecule has 2 N–H and O–H groups in total. The lowest BCUT2D eigenvalue weighted by atomic mass is 10.0. The van der Waals surface area contributed by atoms with E-state index in [4.69, 9.17) is 4.74 Å². The van der Waals surface area contributed by atoms with E-state index in [0.29, 0.717) is 6.54 Å². The molecule has 0 atom stereocenters. The summed E-state index contributed by atoms with van der Waals surface area (Å²) in [5, 5.41) is 7.30. The number of esters is 1. The maximum absolute atomic E-state index is 12.2. The largest absolute Gasteiger partial charge is 0.454 e. The lowest BCUT2D eigenvalue weighted by Gasteiger charge is -2.09. The summed E-state index contributed by atoms with van der Waals surface area (Å²) in [6.07, 6.45) is 0.158. The third kappa shape index (κ3) is 5.91. The SMILES string of the molecule is Cc1ccccc1CNC(=O)COC(=O)CNC(=O)Cc1cccc2ccccc12. The molecule has 3 aromatic rings. The van der Waals surface area contributed by atoms with Gasteiger partial charge in [-0.05, 0) is 34.4 Å². The number of fused-ring (bicyclic) bond motifs is 1. The van der Waals surface area contributed by atoms with Crippen molar-refractivity contribution >= 4 is 28.6 Å². The Morgan fingerprint density at radius 2 is 1.50 bits per heavy atom. The first kappa shape index (κ1) is 21.0. The second kappa shape index (κ2) is 10.2. The first-order chi connectivity index (χ1) is 14.5. The summed E-state index contributed by atoms with van der Waals surface area (Å²) in [4.78, 5) is 35.9. The number of benzene rings is 3. The van der Waals surface area contributed by atoms with Gasteiger partial charge in [0.25, 0.3) is 5.91 Å². The van der Waals surface area contributed by atoms with Crippen LogP contribution >= 0.6 is 0 Å². The Labute approximate surface area is 175 Å². The average molecular weight is 404 g/mol. The maximum Gasteiger partial charge on any atom is 0.325 e. The van der Waals surface area contributed by atoms with Crippen molar-refractivity contribution in [2.24, 2.45) is 0 Å². The van der Waals surface area contributed by atoms with Crippen LogP contribution in [0.15, 0.2) is 66.7 Å². The first-order valence-corrected chi connectivity index (χ1v) is 9.73. The van der Waals surface area contributed by atoms with Gasteiger partial charge in [0, 0.05) is 6.54 Å². The van der Waals surface area contributed by atoms with Crippen LogP contribution in [0, 0.1) is 6.92 Å². The summed E-state index contributed by atoms with van der Waals surface area (Å²) in [6, 6.07) is 21.3. The molecule has 3 aromatic carbocycles. The van der Waals surface area contributed by atoms with Crippen molar-refractivity contribution in [3.05, 3.63) is 83.4 Å². The van der Waals surface area contributed by atoms with Crippen LogP contribution < -0.4 is 10.6 Å². The van der Waals surface area contributed by atoms with Crippen LogP contribution in [0.5, 0.6) is 0 Å². The molecule has 0 fully saturated rings. The molecule has 0 aliphatic rings. The zero-order valence-electron chi connectivity index (χ0n) is 16.8. The van der Waals surface area contributed by atoms with Crippen LogP contribution in [0.1, 0.15) is 16.7 Å². The van der Waals surface area contributed by atoms with Crippen LogP contribution in [0.25, 0.3) is 10.8 Å². The van der Waals surface area contributed by atoms with Gasteiger partial charge < -0.3 is 15.4 Å². The zero-order chi connectivity index (χ0) is 21.3. The fourth-order valence-electron chi connectivity index (χ4n) is 3.10. The van der Waals surface area contributed by atoms with Crippen molar-refractivity contribution < 1.29 is 19.1 Å². The summed E-state index contributed by atoms with van der Waals surface area (Å²) < 4.78 is 4.93. The van der Waals surface area contributed by atoms with Gasteiger partial charge in [-0.25, -0.2) is 0 Å². The quantitative estimate of drug-likeness (QED) is 0.566. The standard InChI is InChI=1S/C24H24N2O4/c1-17-7-2-3-9-20(17)14-25-23(28)16-30-24(29)15-26-22(27)13-19-11-6-10-18-8-4-5-12-21(18)19/h2-12H,13-16H2,1H3,(H,25,28)(H,26,27). The van der Waals surface area contributed by atoms with Crippen LogP contribution in [0.2, 0.25) is 0 Å². The molecular weight excluding hydrogens is 380 g/mol. The van der Waals surface area contributed by atoms with Crippen LogP contribution in [0.3, 0.4) is 0 Å². The predicted octanol–water partition coefficient (Wildman–Crippen LogP) is 2.67. The normalized spacial score (nSPS) is 10.4. The molecule has 0 radical (unpaired) electrons. The van der Waals surface area contributed by atoms with Crippen molar-refractivity contribution in [3.8, 4) is 0 Å². The molecule has 0 heterocycles. The van der Waals surface area contributed by atoms with Gasteiger partial charge in [-0.15, -0.1) is 0 Å². The molecule has 6 nitrogen and oxygen atoms in total. The fraction of sp³-hybridized carbons (Fsp3) is 0.208. The monoisotopic (exact) mass is 404 g/mol. The van der Waals surface area contributed by atoms with Crippen LogP contribution in [-0.2, 0) is 32.1 Å². The topological polar surface area (TPSA) is 84.5 Å². The second-order valence-electron chi connectivity index (χ2n) is 6.96. The molecule has 0 bridgehead atoms. The summed E-state index contributed by atoms with van der Waals surface area (Å²) in [5.41, 5.74) is 2.95. The van der Waals surface area contributed by atoms with Gasteiger partial charge in [-0.3, -0.25) is 14.4 Å². The molecule has 154 valence electrons. The van der Waals surface area contributed by atoms with Gasteiger partial charge in [0.2, 0.25) is 5.91 Å². The summed E-state index contributed by atoms with van der Waals surface area (Å²) in [7, 11) is 0. The Hall–Kier alpha value is -3.67. The molecule has 0 aromatic heterocycles. The lowest BCUT2D eigenvalue weighted by molar-refractivity contribution is -0.148. The van der Waals surface area contributed by atoms with Crippen molar-refractivity contribution in [1.82, 2.24) is 10.6 Å². The molecule has 0 saturated heterocycles. The molecule has 0 saturated carbocycles. The number of amides is 2. The summed E-state index contributed by atoms with van der Waals surface area (Å²) in [6.45, 7) is 1.66. The van der Waals surface area contributed by atoms with Crippen molar-refractivity contribution in [1.29, 1.82) is 0 Å². The predicted molar refractivity (Wildman–Crippen MR) is 115 cm³/mol. The smallest absolute Gasteiger partial charge is 0.325 e. The Balaban J connectivity index is 1.39. The van der Waals surface area contributed by atoms with Crippen LogP contribution in [-0.4, -0.2) is 30.9 Å². The summed E-state index contributed by atoms with van der Waals surface area (Å²) in [5.74, 6) is -1.34. The second-order valence-corrected chi connectivity index (χ2v) is 6.96. The maximum atomic E-state index is 12.2. The number of ether oxygens (including phenoxy) is 1. The number of hydrogen-bond acceptors (Lipinski definition) is 4. The minimum Gasteiger partial charge on any atom is -0.454 e. The van der Waals surface area contributed by atoms with E-state index < -0.39 is 11.9 Å². The number of rotatable bonds is 8. The first-order valence-electron chi connectivity index (χ1n) is 9.73. The van der Waals surface area contributed by atoms with Gasteiger partial charge in [-0.1, -0.05) is 66.7 Å². The van der Waals surface area contributed by atoms with Crippen molar-refractivity contribution in [3.63, 3.8) is 0 Å². The highest BCUT2D eigenvalue weighted by Gasteiger charge is 2.11. The number of carbonyl (C=O) groups is 3. The summed E-state index contributed by atoms with van der Waals surface area (Å²) >= 11 is 0. The molecule has 6 heteroatoms. The number of nitrogens with one attached hydrogen (secondary N) is 2. The Morgan fingerprint density at radius 3 is 2.33 bits per heavy atom. The van der Waals surface area contributed by atoms with E-state index in [1.54, 1.807) is 0 Å². The van der Waals surface area contributed by atoms with E-state index in [2.05, 4.69) is 10.6 Å². The highest BCUT2D eigenvalue weighted by Crippen LogP contribution is 2.18. The van der Waals surface area contributed by atoms with Gasteiger partial charge >= 0.3 is 5.97 Å². The van der Waals surface area contributed by atoms with E-state index in [9.17, 15) is 14.4 Å². The van der Waals surface area contributed by atoms with E-state index in [1.165, 1.54) is 0 Å². The molecule has 30 heavy (non-hydrogen) atoms.